The van der Waals surface area contributed by atoms with Gasteiger partial charge in [0.05, 0.1) is 22.1 Å². The Morgan fingerprint density at radius 2 is 1.56 bits per heavy atom. The fraction of sp³-hybridized carbons (Fsp3) is 0.130. The molecule has 0 saturated carbocycles. The third kappa shape index (κ3) is 6.86. The molecule has 0 fully saturated rings. The van der Waals surface area contributed by atoms with Crippen molar-refractivity contribution in [2.75, 3.05) is 23.3 Å². The fourth-order valence-corrected chi connectivity index (χ4v) is 4.25. The molecule has 0 aliphatic heterocycles. The highest BCUT2D eigenvalue weighted by Crippen LogP contribution is 2.28. The highest BCUT2D eigenvalue weighted by Gasteiger charge is 2.17. The number of halogens is 2. The van der Waals surface area contributed by atoms with Gasteiger partial charge in [-0.05, 0) is 73.7 Å². The molecule has 178 valence electrons. The lowest BCUT2D eigenvalue weighted by molar-refractivity contribution is -0.118. The molecule has 0 atom stereocenters. The van der Waals surface area contributed by atoms with Crippen LogP contribution in [0.4, 0.5) is 11.4 Å². The summed E-state index contributed by atoms with van der Waals surface area (Å²) in [5.74, 6) is -0.784. The number of nitrogens with one attached hydrogen (secondary N) is 2. The fourth-order valence-electron chi connectivity index (χ4n) is 2.74. The Hall–Kier alpha value is -3.27. The smallest absolute Gasteiger partial charge is 0.338 e. The Labute approximate surface area is 206 Å². The van der Waals surface area contributed by atoms with E-state index in [4.69, 9.17) is 32.7 Å². The molecule has 11 heteroatoms. The van der Waals surface area contributed by atoms with E-state index < -0.39 is 21.9 Å². The number of carbonyl (C=O) groups is 2. The largest absolute Gasteiger partial charge is 0.482 e. The minimum Gasteiger partial charge on any atom is -0.482 e. The first-order chi connectivity index (χ1) is 16.2. The SMILES string of the molecule is CCOC(=O)c1ccc(NC(=O)COc2ccc(S(=O)(=O)Nc3ccc(Cl)cc3)cc2Cl)cc1. The average molecular weight is 523 g/mol. The van der Waals surface area contributed by atoms with Crippen LogP contribution in [0.25, 0.3) is 0 Å². The number of esters is 1. The predicted molar refractivity (Wildman–Crippen MR) is 130 cm³/mol. The lowest BCUT2D eigenvalue weighted by Crippen LogP contribution is -2.20. The Morgan fingerprint density at radius 1 is 0.912 bits per heavy atom. The zero-order valence-corrected chi connectivity index (χ0v) is 20.2. The van der Waals surface area contributed by atoms with Crippen molar-refractivity contribution in [3.63, 3.8) is 0 Å². The molecule has 2 N–H and O–H groups in total. The van der Waals surface area contributed by atoms with Crippen LogP contribution in [-0.2, 0) is 19.6 Å². The molecule has 34 heavy (non-hydrogen) atoms. The van der Waals surface area contributed by atoms with Gasteiger partial charge in [0.15, 0.2) is 6.61 Å². The first-order valence-electron chi connectivity index (χ1n) is 9.95. The molecular formula is C23H20Cl2N2O6S. The van der Waals surface area contributed by atoms with Gasteiger partial charge in [-0.1, -0.05) is 23.2 Å². The van der Waals surface area contributed by atoms with Gasteiger partial charge in [-0.15, -0.1) is 0 Å². The lowest BCUT2D eigenvalue weighted by atomic mass is 10.2. The Kier molecular flexibility index (Phi) is 8.38. The maximum absolute atomic E-state index is 12.6. The van der Waals surface area contributed by atoms with Gasteiger partial charge in [-0.2, -0.15) is 0 Å². The van der Waals surface area contributed by atoms with E-state index >= 15 is 0 Å². The van der Waals surface area contributed by atoms with Crippen molar-refractivity contribution in [1.29, 1.82) is 0 Å². The molecule has 8 nitrogen and oxygen atoms in total. The molecule has 0 radical (unpaired) electrons. The lowest BCUT2D eigenvalue weighted by Gasteiger charge is -2.12. The molecule has 1 amide bonds. The van der Waals surface area contributed by atoms with Crippen LogP contribution in [0.2, 0.25) is 10.0 Å². The zero-order chi connectivity index (χ0) is 24.7. The number of hydrogen-bond acceptors (Lipinski definition) is 6. The van der Waals surface area contributed by atoms with Gasteiger partial charge in [0.1, 0.15) is 5.75 Å². The topological polar surface area (TPSA) is 111 Å². The first kappa shape index (κ1) is 25.4. The summed E-state index contributed by atoms with van der Waals surface area (Å²) in [5, 5.41) is 3.12. The summed E-state index contributed by atoms with van der Waals surface area (Å²) in [6, 6.07) is 16.3. The van der Waals surface area contributed by atoms with Crippen molar-refractivity contribution in [1.82, 2.24) is 0 Å². The standard InChI is InChI=1S/C23H20Cl2N2O6S/c1-2-32-23(29)15-3-7-17(8-4-15)26-22(28)14-33-21-12-11-19(13-20(21)25)34(30,31)27-18-9-5-16(24)6-10-18/h3-13,27H,2,14H2,1H3,(H,26,28). The Bertz CT molecular complexity index is 1280. The van der Waals surface area contributed by atoms with Crippen LogP contribution in [0.3, 0.4) is 0 Å². The number of sulfonamides is 1. The molecule has 3 aromatic carbocycles. The molecular weight excluding hydrogens is 503 g/mol. The number of hydrogen-bond donors (Lipinski definition) is 2. The van der Waals surface area contributed by atoms with Gasteiger partial charge in [0.25, 0.3) is 15.9 Å². The van der Waals surface area contributed by atoms with E-state index in [1.165, 1.54) is 42.5 Å². The van der Waals surface area contributed by atoms with E-state index in [1.807, 2.05) is 0 Å². The van der Waals surface area contributed by atoms with E-state index in [-0.39, 0.29) is 28.9 Å². The van der Waals surface area contributed by atoms with E-state index in [0.717, 1.165) is 0 Å². The second-order valence-electron chi connectivity index (χ2n) is 6.84. The third-order valence-electron chi connectivity index (χ3n) is 4.35. The van der Waals surface area contributed by atoms with Crippen molar-refractivity contribution in [2.24, 2.45) is 0 Å². The molecule has 0 aliphatic rings. The van der Waals surface area contributed by atoms with Crippen LogP contribution >= 0.6 is 23.2 Å². The van der Waals surface area contributed by atoms with Gasteiger partial charge in [0.2, 0.25) is 0 Å². The van der Waals surface area contributed by atoms with E-state index in [2.05, 4.69) is 10.0 Å². The summed E-state index contributed by atoms with van der Waals surface area (Å²) in [6.45, 7) is 1.61. The van der Waals surface area contributed by atoms with Crippen LogP contribution in [0.5, 0.6) is 5.75 Å². The average Bonchev–Trinajstić information content (AvgIpc) is 2.80. The van der Waals surface area contributed by atoms with Gasteiger partial charge in [0, 0.05) is 16.4 Å². The van der Waals surface area contributed by atoms with Crippen molar-refractivity contribution < 1.29 is 27.5 Å². The number of anilines is 2. The van der Waals surface area contributed by atoms with Gasteiger partial charge >= 0.3 is 5.97 Å². The highest BCUT2D eigenvalue weighted by molar-refractivity contribution is 7.92. The predicted octanol–water partition coefficient (Wildman–Crippen LogP) is 4.99. The Balaban J connectivity index is 1.58. The number of benzene rings is 3. The third-order valence-corrected chi connectivity index (χ3v) is 6.27. The van der Waals surface area contributed by atoms with Crippen LogP contribution < -0.4 is 14.8 Å². The summed E-state index contributed by atoms with van der Waals surface area (Å²) in [4.78, 5) is 23.8. The summed E-state index contributed by atoms with van der Waals surface area (Å²) < 4.78 is 37.9. The van der Waals surface area contributed by atoms with Crippen molar-refractivity contribution in [2.45, 2.75) is 11.8 Å². The Morgan fingerprint density at radius 3 is 2.18 bits per heavy atom. The van der Waals surface area contributed by atoms with E-state index in [1.54, 1.807) is 31.2 Å². The molecule has 0 unspecified atom stereocenters. The van der Waals surface area contributed by atoms with Crippen LogP contribution in [0, 0.1) is 0 Å². The molecule has 0 heterocycles. The maximum Gasteiger partial charge on any atom is 0.338 e. The van der Waals surface area contributed by atoms with Gasteiger partial charge < -0.3 is 14.8 Å². The first-order valence-corrected chi connectivity index (χ1v) is 12.2. The van der Waals surface area contributed by atoms with Crippen molar-refractivity contribution >= 4 is 56.5 Å². The molecule has 0 saturated heterocycles. The molecule has 3 rings (SSSR count). The number of amides is 1. The summed E-state index contributed by atoms with van der Waals surface area (Å²) in [5.41, 5.74) is 1.17. The van der Waals surface area contributed by atoms with E-state index in [0.29, 0.717) is 22.0 Å². The maximum atomic E-state index is 12.6. The number of ether oxygens (including phenoxy) is 2. The zero-order valence-electron chi connectivity index (χ0n) is 17.9. The van der Waals surface area contributed by atoms with E-state index in [9.17, 15) is 18.0 Å². The summed E-state index contributed by atoms with van der Waals surface area (Å²) in [6.07, 6.45) is 0. The number of carbonyl (C=O) groups excluding carboxylic acids is 2. The van der Waals surface area contributed by atoms with Crippen molar-refractivity contribution in [3.05, 3.63) is 82.3 Å². The second-order valence-corrected chi connectivity index (χ2v) is 9.37. The monoisotopic (exact) mass is 522 g/mol. The molecule has 3 aromatic rings. The van der Waals surface area contributed by atoms with Crippen LogP contribution in [0.1, 0.15) is 17.3 Å². The van der Waals surface area contributed by atoms with Crippen LogP contribution in [0.15, 0.2) is 71.6 Å². The minimum atomic E-state index is -3.90. The highest BCUT2D eigenvalue weighted by atomic mass is 35.5. The second kappa shape index (κ2) is 11.2. The number of rotatable bonds is 9. The molecule has 0 aliphatic carbocycles. The van der Waals surface area contributed by atoms with Gasteiger partial charge in [-0.25, -0.2) is 13.2 Å². The minimum absolute atomic E-state index is 0.0190. The summed E-state index contributed by atoms with van der Waals surface area (Å²) >= 11 is 12.0. The van der Waals surface area contributed by atoms with Gasteiger partial charge in [-0.3, -0.25) is 9.52 Å². The molecule has 0 spiro atoms. The molecule has 0 bridgehead atoms. The summed E-state index contributed by atoms with van der Waals surface area (Å²) in [7, 11) is -3.90. The molecule has 0 aromatic heterocycles. The quantitative estimate of drug-likeness (QED) is 0.383. The van der Waals surface area contributed by atoms with Crippen molar-refractivity contribution in [3.8, 4) is 5.75 Å². The van der Waals surface area contributed by atoms with Crippen LogP contribution in [-0.4, -0.2) is 33.5 Å². The normalized spacial score (nSPS) is 10.9.